The SMILES string of the molecule is CN(C)C(=O)Sc1ccc(NC(=O)CCCN2C(=O)NC3(CCCC3)C2=O)cc1. The number of imide groups is 1. The molecule has 1 aliphatic heterocycles. The topological polar surface area (TPSA) is 98.8 Å². The van der Waals surface area contributed by atoms with E-state index in [1.165, 1.54) is 9.80 Å². The van der Waals surface area contributed by atoms with Crippen LogP contribution >= 0.6 is 11.8 Å². The van der Waals surface area contributed by atoms with Crippen LogP contribution < -0.4 is 10.6 Å². The number of carbonyl (C=O) groups is 4. The number of rotatable bonds is 6. The summed E-state index contributed by atoms with van der Waals surface area (Å²) < 4.78 is 0. The second-order valence-electron chi connectivity index (χ2n) is 7.61. The predicted molar refractivity (Wildman–Crippen MR) is 111 cm³/mol. The zero-order valence-corrected chi connectivity index (χ0v) is 17.5. The Hall–Kier alpha value is -2.55. The average Bonchev–Trinajstić information content (AvgIpc) is 3.23. The predicted octanol–water partition coefficient (Wildman–Crippen LogP) is 3.04. The Morgan fingerprint density at radius 1 is 1.17 bits per heavy atom. The molecule has 9 heteroatoms. The third-order valence-electron chi connectivity index (χ3n) is 5.20. The molecule has 0 bridgehead atoms. The molecule has 1 heterocycles. The van der Waals surface area contributed by atoms with Crippen molar-refractivity contribution in [1.82, 2.24) is 15.1 Å². The van der Waals surface area contributed by atoms with E-state index in [1.54, 1.807) is 38.4 Å². The van der Waals surface area contributed by atoms with Crippen molar-refractivity contribution < 1.29 is 19.2 Å². The van der Waals surface area contributed by atoms with Crippen LogP contribution in [0.3, 0.4) is 0 Å². The fourth-order valence-corrected chi connectivity index (χ4v) is 4.27. The summed E-state index contributed by atoms with van der Waals surface area (Å²) >= 11 is 1.11. The molecule has 1 saturated carbocycles. The summed E-state index contributed by atoms with van der Waals surface area (Å²) in [5.74, 6) is -0.335. The second kappa shape index (κ2) is 8.86. The summed E-state index contributed by atoms with van der Waals surface area (Å²) in [6.07, 6.45) is 3.91. The zero-order valence-electron chi connectivity index (χ0n) is 16.7. The highest BCUT2D eigenvalue weighted by molar-refractivity contribution is 8.13. The van der Waals surface area contributed by atoms with Crippen LogP contribution in [0.1, 0.15) is 38.5 Å². The molecule has 1 aromatic rings. The van der Waals surface area contributed by atoms with Crippen LogP contribution in [0.4, 0.5) is 15.3 Å². The zero-order chi connectivity index (χ0) is 21.0. The van der Waals surface area contributed by atoms with Gasteiger partial charge in [-0.25, -0.2) is 4.79 Å². The summed E-state index contributed by atoms with van der Waals surface area (Å²) in [7, 11) is 3.38. The quantitative estimate of drug-likeness (QED) is 0.546. The number of thioether (sulfide) groups is 1. The van der Waals surface area contributed by atoms with Gasteiger partial charge in [-0.2, -0.15) is 0 Å². The molecule has 1 aliphatic carbocycles. The first-order valence-electron chi connectivity index (χ1n) is 9.74. The minimum Gasteiger partial charge on any atom is -0.339 e. The first kappa shape index (κ1) is 21.2. The Labute approximate surface area is 174 Å². The smallest absolute Gasteiger partial charge is 0.325 e. The van der Waals surface area contributed by atoms with E-state index in [4.69, 9.17) is 0 Å². The molecule has 2 fully saturated rings. The fourth-order valence-electron chi connectivity index (χ4n) is 3.62. The van der Waals surface area contributed by atoms with E-state index in [0.29, 0.717) is 24.9 Å². The van der Waals surface area contributed by atoms with Gasteiger partial charge in [0.05, 0.1) is 0 Å². The molecule has 0 atom stereocenters. The number of hydrogen-bond acceptors (Lipinski definition) is 5. The molecular weight excluding hydrogens is 392 g/mol. The van der Waals surface area contributed by atoms with Gasteiger partial charge in [0, 0.05) is 37.6 Å². The van der Waals surface area contributed by atoms with Crippen molar-refractivity contribution in [2.24, 2.45) is 0 Å². The highest BCUT2D eigenvalue weighted by atomic mass is 32.2. The van der Waals surface area contributed by atoms with Crippen LogP contribution in [-0.4, -0.2) is 59.1 Å². The van der Waals surface area contributed by atoms with Crippen LogP contribution in [-0.2, 0) is 9.59 Å². The molecule has 1 spiro atoms. The van der Waals surface area contributed by atoms with Gasteiger partial charge in [-0.1, -0.05) is 12.8 Å². The van der Waals surface area contributed by atoms with Gasteiger partial charge in [0.1, 0.15) is 5.54 Å². The molecule has 3 rings (SSSR count). The lowest BCUT2D eigenvalue weighted by Crippen LogP contribution is -2.44. The van der Waals surface area contributed by atoms with Gasteiger partial charge in [0.15, 0.2) is 0 Å². The number of anilines is 1. The Balaban J connectivity index is 1.44. The lowest BCUT2D eigenvalue weighted by Gasteiger charge is -2.19. The van der Waals surface area contributed by atoms with Crippen LogP contribution in [0, 0.1) is 0 Å². The largest absolute Gasteiger partial charge is 0.339 e. The first-order valence-corrected chi connectivity index (χ1v) is 10.6. The molecule has 0 unspecified atom stereocenters. The van der Waals surface area contributed by atoms with Crippen LogP contribution in [0.2, 0.25) is 0 Å². The Morgan fingerprint density at radius 3 is 2.45 bits per heavy atom. The maximum atomic E-state index is 12.6. The summed E-state index contributed by atoms with van der Waals surface area (Å²) in [5.41, 5.74) is -0.0656. The van der Waals surface area contributed by atoms with Crippen molar-refractivity contribution in [2.45, 2.75) is 49.0 Å². The standard InChI is InChI=1S/C20H26N4O4S/c1-23(2)19(28)29-15-9-7-14(8-10-15)21-16(25)6-5-13-24-17(26)20(22-18(24)27)11-3-4-12-20/h7-10H,3-6,11-13H2,1-2H3,(H,21,25)(H,22,27). The van der Waals surface area contributed by atoms with Crippen molar-refractivity contribution >= 4 is 40.5 Å². The number of hydrogen-bond donors (Lipinski definition) is 2. The van der Waals surface area contributed by atoms with E-state index < -0.39 is 5.54 Å². The van der Waals surface area contributed by atoms with Gasteiger partial charge in [0.25, 0.3) is 11.1 Å². The third kappa shape index (κ3) is 4.90. The summed E-state index contributed by atoms with van der Waals surface area (Å²) in [5, 5.41) is 5.57. The molecule has 29 heavy (non-hydrogen) atoms. The molecule has 5 amide bonds. The van der Waals surface area contributed by atoms with Gasteiger partial charge in [-0.05, 0) is 55.3 Å². The fraction of sp³-hybridized carbons (Fsp3) is 0.500. The van der Waals surface area contributed by atoms with Crippen molar-refractivity contribution in [3.63, 3.8) is 0 Å². The number of nitrogens with one attached hydrogen (secondary N) is 2. The summed E-state index contributed by atoms with van der Waals surface area (Å²) in [6.45, 7) is 0.238. The maximum absolute atomic E-state index is 12.6. The van der Waals surface area contributed by atoms with Gasteiger partial charge in [-0.15, -0.1) is 0 Å². The van der Waals surface area contributed by atoms with Crippen molar-refractivity contribution in [3.8, 4) is 0 Å². The van der Waals surface area contributed by atoms with E-state index in [0.717, 1.165) is 29.5 Å². The summed E-state index contributed by atoms with van der Waals surface area (Å²) in [4.78, 5) is 52.1. The van der Waals surface area contributed by atoms with E-state index in [-0.39, 0.29) is 36.1 Å². The Morgan fingerprint density at radius 2 is 1.83 bits per heavy atom. The number of amides is 5. The molecule has 156 valence electrons. The monoisotopic (exact) mass is 418 g/mol. The van der Waals surface area contributed by atoms with Gasteiger partial charge >= 0.3 is 6.03 Å². The molecule has 1 aromatic carbocycles. The second-order valence-corrected chi connectivity index (χ2v) is 8.64. The highest BCUT2D eigenvalue weighted by Crippen LogP contribution is 2.35. The Kier molecular flexibility index (Phi) is 6.46. The van der Waals surface area contributed by atoms with E-state index >= 15 is 0 Å². The Bertz CT molecular complexity index is 803. The highest BCUT2D eigenvalue weighted by Gasteiger charge is 2.51. The number of urea groups is 1. The number of benzene rings is 1. The molecular formula is C20H26N4O4S. The van der Waals surface area contributed by atoms with Gasteiger partial charge < -0.3 is 15.5 Å². The first-order chi connectivity index (χ1) is 13.8. The van der Waals surface area contributed by atoms with Gasteiger partial charge in [-0.3, -0.25) is 19.3 Å². The van der Waals surface area contributed by atoms with E-state index in [9.17, 15) is 19.2 Å². The van der Waals surface area contributed by atoms with Crippen molar-refractivity contribution in [2.75, 3.05) is 26.0 Å². The van der Waals surface area contributed by atoms with E-state index in [2.05, 4.69) is 10.6 Å². The summed E-state index contributed by atoms with van der Waals surface area (Å²) in [6, 6.07) is 6.68. The molecule has 2 aliphatic rings. The number of nitrogens with zero attached hydrogens (tertiary/aromatic N) is 2. The molecule has 1 saturated heterocycles. The lowest BCUT2D eigenvalue weighted by molar-refractivity contribution is -0.131. The number of carbonyl (C=O) groups excluding carboxylic acids is 4. The molecule has 0 aromatic heterocycles. The molecule has 8 nitrogen and oxygen atoms in total. The average molecular weight is 419 g/mol. The normalized spacial score (nSPS) is 17.5. The molecule has 2 N–H and O–H groups in total. The molecule has 0 radical (unpaired) electrons. The van der Waals surface area contributed by atoms with Crippen molar-refractivity contribution in [3.05, 3.63) is 24.3 Å². The minimum absolute atomic E-state index is 0.0679. The minimum atomic E-state index is -0.701. The van der Waals surface area contributed by atoms with Crippen molar-refractivity contribution in [1.29, 1.82) is 0 Å². The third-order valence-corrected chi connectivity index (χ3v) is 6.24. The van der Waals surface area contributed by atoms with Gasteiger partial charge in [0.2, 0.25) is 5.91 Å². The van der Waals surface area contributed by atoms with Crippen LogP contribution in [0.25, 0.3) is 0 Å². The van der Waals surface area contributed by atoms with Crippen LogP contribution in [0.5, 0.6) is 0 Å². The van der Waals surface area contributed by atoms with Crippen LogP contribution in [0.15, 0.2) is 29.2 Å². The lowest BCUT2D eigenvalue weighted by atomic mass is 9.98. The van der Waals surface area contributed by atoms with E-state index in [1.807, 2.05) is 0 Å². The maximum Gasteiger partial charge on any atom is 0.325 e.